The number of thiophene rings is 7. The molecule has 9 aromatic heterocycles. The second-order valence-electron chi connectivity index (χ2n) is 23.3. The van der Waals surface area contributed by atoms with Crippen LogP contribution in [0.1, 0.15) is 182 Å². The Hall–Kier alpha value is -3.64. The maximum absolute atomic E-state index is 5.14. The van der Waals surface area contributed by atoms with Crippen LogP contribution in [0.4, 0.5) is 10.0 Å². The van der Waals surface area contributed by atoms with Crippen LogP contribution in [0.15, 0.2) is 60.7 Å². The second kappa shape index (κ2) is 26.1. The van der Waals surface area contributed by atoms with Gasteiger partial charge in [-0.05, 0) is 92.3 Å². The van der Waals surface area contributed by atoms with Crippen LogP contribution in [-0.2, 0) is 5.41 Å². The lowest BCUT2D eigenvalue weighted by Crippen LogP contribution is -2.31. The number of nitrogens with zero attached hydrogens (tertiary/aromatic N) is 6. The Morgan fingerprint density at radius 2 is 0.793 bits per heavy atom. The van der Waals surface area contributed by atoms with Gasteiger partial charge in [-0.2, -0.15) is 17.5 Å². The number of benzene rings is 2. The Balaban J connectivity index is 0.929. The van der Waals surface area contributed by atoms with E-state index in [0.29, 0.717) is 11.8 Å². The van der Waals surface area contributed by atoms with Gasteiger partial charge in [-0.15, -0.1) is 79.4 Å². The molecule has 1 aliphatic rings. The fraction of sp³-hybridized carbons (Fsp3) is 0.493. The summed E-state index contributed by atoms with van der Waals surface area (Å²) in [6.07, 6.45) is 22.3. The molecule has 0 fully saturated rings. The summed E-state index contributed by atoms with van der Waals surface area (Å²) in [5.41, 5.74) is 12.2. The Morgan fingerprint density at radius 3 is 1.20 bits per heavy atom. The van der Waals surface area contributed by atoms with Crippen LogP contribution in [0.5, 0.6) is 0 Å². The highest BCUT2D eigenvalue weighted by Gasteiger charge is 2.49. The van der Waals surface area contributed by atoms with E-state index in [1.807, 2.05) is 68.0 Å². The predicted octanol–water partition coefficient (Wildman–Crippen LogP) is 24.5. The van der Waals surface area contributed by atoms with Crippen LogP contribution in [0, 0.1) is 11.8 Å². The number of rotatable bonds is 30. The van der Waals surface area contributed by atoms with E-state index in [-0.39, 0.29) is 5.41 Å². The number of hydrogen-bond acceptors (Lipinski definition) is 15. The van der Waals surface area contributed by atoms with Gasteiger partial charge < -0.3 is 9.80 Å². The summed E-state index contributed by atoms with van der Waals surface area (Å²) in [6, 6.07) is 24.4. The molecule has 0 saturated heterocycles. The van der Waals surface area contributed by atoms with Crippen molar-refractivity contribution in [3.05, 3.63) is 71.8 Å². The fourth-order valence-corrected chi connectivity index (χ4v) is 23.4. The van der Waals surface area contributed by atoms with Gasteiger partial charge in [0.1, 0.15) is 22.1 Å². The minimum absolute atomic E-state index is 0.0808. The van der Waals surface area contributed by atoms with Crippen molar-refractivity contribution in [3.63, 3.8) is 0 Å². The van der Waals surface area contributed by atoms with Crippen molar-refractivity contribution in [2.75, 3.05) is 36.0 Å². The normalized spacial score (nSPS) is 15.1. The lowest BCUT2D eigenvalue weighted by molar-refractivity contribution is 0.268. The first-order chi connectivity index (χ1) is 40.2. The summed E-state index contributed by atoms with van der Waals surface area (Å²) in [5.74, 6) is 1.30. The van der Waals surface area contributed by atoms with Crippen molar-refractivity contribution in [3.8, 4) is 51.5 Å². The SMILES string of the molecule is CCCCC(CC)CC1(CC(CC)CCCC)c2cc(-c3ccc(-c4cc5sc(N(CCCC)CCCC)cc5s4)c4nsnc34)sc2-c2sc3cc(-c4ccc(-c5cc6sc(N(CCCC)CCCC)cc6s5)c5nsnc45)sc3c21. The molecule has 0 aliphatic heterocycles. The van der Waals surface area contributed by atoms with Gasteiger partial charge in [0.25, 0.3) is 0 Å². The summed E-state index contributed by atoms with van der Waals surface area (Å²) in [4.78, 5) is 13.5. The van der Waals surface area contributed by atoms with Gasteiger partial charge in [0.2, 0.25) is 0 Å². The molecule has 15 heteroatoms. The molecule has 9 heterocycles. The second-order valence-corrected chi connectivity index (χ2v) is 31.8. The standard InChI is InChI=1S/C67H80N6S9/c1-9-17-23-41(15-7)39-67(40-42(16-8)24-18-10-2)47-33-48(43-25-26-44(61-60(43)68-81-69-61)49-34-52-54(74-49)37-57(76-52)72(29-19-11-3)30-20-12-4)78-64(47)66-59(67)65-56(80-66)36-51(79-65)46-28-27-45(62-63(46)71-82-70-62)50-35-53-55(75-50)38-58(77-53)73(31-21-13-5)32-22-14-6/h25-28,33-38,41-42H,9-24,29-32,39-40H2,1-8H3. The molecule has 0 amide bonds. The van der Waals surface area contributed by atoms with Crippen LogP contribution in [-0.4, -0.2) is 43.7 Å². The zero-order chi connectivity index (χ0) is 56.5. The monoisotopic (exact) mass is 1260 g/mol. The average Bonchev–Trinajstić information content (AvgIpc) is 1.99. The van der Waals surface area contributed by atoms with E-state index in [1.165, 1.54) is 229 Å². The van der Waals surface area contributed by atoms with Crippen molar-refractivity contribution < 1.29 is 0 Å². The fourth-order valence-electron chi connectivity index (χ4n) is 13.0. The van der Waals surface area contributed by atoms with E-state index >= 15 is 0 Å². The molecule has 11 aromatic rings. The molecule has 1 aliphatic carbocycles. The molecule has 2 atom stereocenters. The number of unbranched alkanes of at least 4 members (excludes halogenated alkanes) is 6. The summed E-state index contributed by atoms with van der Waals surface area (Å²) in [6.45, 7) is 23.4. The highest BCUT2D eigenvalue weighted by atomic mass is 32.1. The van der Waals surface area contributed by atoms with Crippen LogP contribution in [0.2, 0.25) is 0 Å². The number of hydrogen-bond donors (Lipinski definition) is 0. The van der Waals surface area contributed by atoms with Gasteiger partial charge in [0.05, 0.1) is 43.0 Å². The van der Waals surface area contributed by atoms with E-state index < -0.39 is 0 Å². The average molecular weight is 1260 g/mol. The molecule has 0 spiro atoms. The van der Waals surface area contributed by atoms with Gasteiger partial charge in [0.15, 0.2) is 0 Å². The molecule has 2 unspecified atom stereocenters. The highest BCUT2D eigenvalue weighted by Crippen LogP contribution is 2.65. The maximum atomic E-state index is 5.14. The third-order valence-corrected chi connectivity index (χ3v) is 27.3. The minimum Gasteiger partial charge on any atom is -0.363 e. The molecule has 82 heavy (non-hydrogen) atoms. The van der Waals surface area contributed by atoms with E-state index in [9.17, 15) is 0 Å². The van der Waals surface area contributed by atoms with Crippen LogP contribution in [0.25, 0.3) is 102 Å². The van der Waals surface area contributed by atoms with Crippen LogP contribution in [0.3, 0.4) is 0 Å². The van der Waals surface area contributed by atoms with Crippen molar-refractivity contribution in [2.45, 2.75) is 176 Å². The van der Waals surface area contributed by atoms with Gasteiger partial charge in [-0.25, -0.2) is 0 Å². The molecular formula is C67H80N6S9. The Bertz CT molecular complexity index is 3820. The van der Waals surface area contributed by atoms with Crippen molar-refractivity contribution in [2.24, 2.45) is 11.8 Å². The smallest absolute Gasteiger partial charge is 0.114 e. The zero-order valence-corrected chi connectivity index (χ0v) is 56.7. The lowest BCUT2D eigenvalue weighted by Gasteiger charge is -2.38. The Labute approximate surface area is 523 Å². The van der Waals surface area contributed by atoms with E-state index in [4.69, 9.17) is 17.5 Å². The van der Waals surface area contributed by atoms with Gasteiger partial charge >= 0.3 is 0 Å². The number of aromatic nitrogens is 4. The third-order valence-electron chi connectivity index (χ3n) is 17.7. The first-order valence-electron chi connectivity index (χ1n) is 31.0. The highest BCUT2D eigenvalue weighted by molar-refractivity contribution is 7.34. The minimum atomic E-state index is -0.0808. The van der Waals surface area contributed by atoms with E-state index in [1.54, 1.807) is 11.1 Å². The predicted molar refractivity (Wildman–Crippen MR) is 374 cm³/mol. The Morgan fingerprint density at radius 1 is 0.402 bits per heavy atom. The molecule has 12 rings (SSSR count). The summed E-state index contributed by atoms with van der Waals surface area (Å²) in [7, 11) is 0. The number of fused-ring (bicyclic) bond motifs is 9. The van der Waals surface area contributed by atoms with Gasteiger partial charge in [0, 0.05) is 107 Å². The lowest BCUT2D eigenvalue weighted by atomic mass is 9.65. The van der Waals surface area contributed by atoms with Crippen molar-refractivity contribution >= 4 is 163 Å². The molecule has 0 radical (unpaired) electrons. The zero-order valence-electron chi connectivity index (χ0n) is 49.3. The summed E-state index contributed by atoms with van der Waals surface area (Å²) >= 11 is 16.6. The molecule has 0 N–H and O–H groups in total. The van der Waals surface area contributed by atoms with Crippen molar-refractivity contribution in [1.82, 2.24) is 17.5 Å². The molecular weight excluding hydrogens is 1180 g/mol. The van der Waals surface area contributed by atoms with Gasteiger partial charge in [-0.3, -0.25) is 0 Å². The van der Waals surface area contributed by atoms with Crippen LogP contribution < -0.4 is 9.80 Å². The number of anilines is 2. The third kappa shape index (κ3) is 11.2. The molecule has 0 bridgehead atoms. The Kier molecular flexibility index (Phi) is 18.7. The first kappa shape index (κ1) is 58.7. The molecule has 2 aromatic carbocycles. The van der Waals surface area contributed by atoms with Crippen molar-refractivity contribution in [1.29, 1.82) is 0 Å². The van der Waals surface area contributed by atoms with Gasteiger partial charge in [-0.1, -0.05) is 157 Å². The molecule has 0 saturated carbocycles. The summed E-state index contributed by atoms with van der Waals surface area (Å²) in [5, 5.41) is 2.84. The molecule has 6 nitrogen and oxygen atoms in total. The maximum Gasteiger partial charge on any atom is 0.114 e. The molecule has 432 valence electrons. The first-order valence-corrected chi connectivity index (χ1v) is 38.2. The summed E-state index contributed by atoms with van der Waals surface area (Å²) < 4.78 is 28.8. The topological polar surface area (TPSA) is 58.0 Å². The largest absolute Gasteiger partial charge is 0.363 e. The quantitative estimate of drug-likeness (QED) is 0.0447. The van der Waals surface area contributed by atoms with E-state index in [2.05, 4.69) is 137 Å². The van der Waals surface area contributed by atoms with Crippen LogP contribution >= 0.6 is 103 Å². The van der Waals surface area contributed by atoms with E-state index in [0.717, 1.165) is 48.2 Å².